The Morgan fingerprint density at radius 3 is 2.50 bits per heavy atom. The van der Waals surface area contributed by atoms with E-state index in [1.54, 1.807) is 16.8 Å². The molecule has 0 saturated carbocycles. The first-order chi connectivity index (χ1) is 18.9. The molecule has 1 aromatic heterocycles. The minimum atomic E-state index is -5.74. The zero-order valence-corrected chi connectivity index (χ0v) is 23.2. The van der Waals surface area contributed by atoms with Gasteiger partial charge in [-0.1, -0.05) is 24.3 Å². The lowest BCUT2D eigenvalue weighted by Crippen LogP contribution is -2.54. The standard InChI is InChI=1S/C27H28F2N3O6PS/c1-31(18-6-3-2-4-7-18)26(35)21-12-11-19-8-5-9-20(25(34)32(19)21)30-24(33)23-15-16-14-17(10-13-22(16)40-23)27(28,29)39(36,37)38/h2-4,6-7,10,13-15,19-21H,5,8-9,11-12H2,1H3,(H,30,33)(H2,36,37,38)/t19-,20-,21-/m0/s1. The van der Waals surface area contributed by atoms with Crippen LogP contribution in [0.3, 0.4) is 0 Å². The van der Waals surface area contributed by atoms with Gasteiger partial charge >= 0.3 is 13.3 Å². The molecule has 3 aromatic rings. The highest BCUT2D eigenvalue weighted by Gasteiger charge is 2.50. The van der Waals surface area contributed by atoms with Crippen molar-refractivity contribution in [2.24, 2.45) is 0 Å². The smallest absolute Gasteiger partial charge is 0.340 e. The van der Waals surface area contributed by atoms with Crippen molar-refractivity contribution < 1.29 is 37.5 Å². The molecule has 212 valence electrons. The van der Waals surface area contributed by atoms with Gasteiger partial charge in [0.1, 0.15) is 12.1 Å². The van der Waals surface area contributed by atoms with E-state index in [1.165, 1.54) is 12.1 Å². The third-order valence-corrected chi connectivity index (χ3v) is 9.71. The van der Waals surface area contributed by atoms with Crippen LogP contribution in [0.25, 0.3) is 10.1 Å². The minimum absolute atomic E-state index is 0.0917. The van der Waals surface area contributed by atoms with Crippen molar-refractivity contribution in [1.29, 1.82) is 0 Å². The highest BCUT2D eigenvalue weighted by molar-refractivity contribution is 7.52. The maximum absolute atomic E-state index is 14.2. The number of alkyl halides is 2. The number of anilines is 1. The van der Waals surface area contributed by atoms with Crippen LogP contribution in [0.15, 0.2) is 54.6 Å². The molecule has 0 spiro atoms. The summed E-state index contributed by atoms with van der Waals surface area (Å²) >= 11 is 1.02. The quantitative estimate of drug-likeness (QED) is 0.364. The predicted octanol–water partition coefficient (Wildman–Crippen LogP) is 4.43. The lowest BCUT2D eigenvalue weighted by atomic mass is 10.1. The number of hydrogen-bond acceptors (Lipinski definition) is 5. The molecular formula is C27H28F2N3O6PS. The summed E-state index contributed by atoms with van der Waals surface area (Å²) < 4.78 is 40.1. The Morgan fingerprint density at radius 2 is 1.80 bits per heavy atom. The van der Waals surface area contributed by atoms with Crippen molar-refractivity contribution in [3.63, 3.8) is 0 Å². The van der Waals surface area contributed by atoms with Gasteiger partial charge in [0.2, 0.25) is 11.8 Å². The highest BCUT2D eigenvalue weighted by atomic mass is 32.1. The second kappa shape index (κ2) is 10.7. The number of para-hydroxylation sites is 1. The molecule has 0 bridgehead atoms. The fraction of sp³-hybridized carbons (Fsp3) is 0.370. The number of carbonyl (C=O) groups is 3. The second-order valence-electron chi connectivity index (χ2n) is 10.1. The molecule has 2 saturated heterocycles. The number of fused-ring (bicyclic) bond motifs is 2. The number of carbonyl (C=O) groups excluding carboxylic acids is 3. The van der Waals surface area contributed by atoms with Gasteiger partial charge in [0.05, 0.1) is 4.88 Å². The van der Waals surface area contributed by atoms with Crippen LogP contribution in [0, 0.1) is 0 Å². The molecule has 40 heavy (non-hydrogen) atoms. The van der Waals surface area contributed by atoms with E-state index in [0.717, 1.165) is 35.6 Å². The molecule has 5 rings (SSSR count). The number of nitrogens with one attached hydrogen (secondary N) is 1. The normalized spacial score (nSPS) is 21.7. The maximum atomic E-state index is 14.2. The maximum Gasteiger partial charge on any atom is 0.399 e. The van der Waals surface area contributed by atoms with E-state index >= 15 is 0 Å². The van der Waals surface area contributed by atoms with E-state index in [-0.39, 0.29) is 28.1 Å². The van der Waals surface area contributed by atoms with Crippen molar-refractivity contribution in [3.05, 3.63) is 65.0 Å². The SMILES string of the molecule is CN(C(=O)[C@@H]1CC[C@@H]2CCC[C@H](NC(=O)c3cc4cc(C(F)(F)P(=O)(O)O)ccc4s3)C(=O)N21)c1ccccc1. The predicted molar refractivity (Wildman–Crippen MR) is 146 cm³/mol. The van der Waals surface area contributed by atoms with Crippen LogP contribution in [0.5, 0.6) is 0 Å². The van der Waals surface area contributed by atoms with E-state index < -0.39 is 36.8 Å². The van der Waals surface area contributed by atoms with E-state index in [2.05, 4.69) is 5.32 Å². The molecule has 13 heteroatoms. The molecule has 0 aliphatic carbocycles. The third kappa shape index (κ3) is 5.16. The molecule has 3 heterocycles. The van der Waals surface area contributed by atoms with Gasteiger partial charge in [0.25, 0.3) is 5.91 Å². The average molecular weight is 592 g/mol. The Hall–Kier alpha value is -3.18. The molecule has 3 atom stereocenters. The summed E-state index contributed by atoms with van der Waals surface area (Å²) in [6, 6.07) is 12.1. The van der Waals surface area contributed by atoms with Crippen LogP contribution in [0.4, 0.5) is 14.5 Å². The number of halogens is 2. The Balaban J connectivity index is 1.34. The van der Waals surface area contributed by atoms with Crippen LogP contribution >= 0.6 is 18.9 Å². The summed E-state index contributed by atoms with van der Waals surface area (Å²) in [5.74, 6) is -1.08. The van der Waals surface area contributed by atoms with Crippen molar-refractivity contribution in [3.8, 4) is 0 Å². The summed E-state index contributed by atoms with van der Waals surface area (Å²) in [7, 11) is -4.06. The van der Waals surface area contributed by atoms with Crippen molar-refractivity contribution in [1.82, 2.24) is 10.2 Å². The van der Waals surface area contributed by atoms with Crippen LogP contribution in [-0.4, -0.2) is 57.6 Å². The van der Waals surface area contributed by atoms with E-state index in [1.807, 2.05) is 30.3 Å². The van der Waals surface area contributed by atoms with Gasteiger partial charge in [-0.3, -0.25) is 18.9 Å². The lowest BCUT2D eigenvalue weighted by Gasteiger charge is -2.32. The number of likely N-dealkylation sites (N-methyl/N-ethyl adjacent to an activating group) is 1. The van der Waals surface area contributed by atoms with Crippen LogP contribution in [0.1, 0.15) is 47.3 Å². The number of hydrogen-bond donors (Lipinski definition) is 3. The van der Waals surface area contributed by atoms with Gasteiger partial charge in [0, 0.05) is 29.0 Å². The Morgan fingerprint density at radius 1 is 1.07 bits per heavy atom. The van der Waals surface area contributed by atoms with Crippen molar-refractivity contribution in [2.45, 2.75) is 55.9 Å². The van der Waals surface area contributed by atoms with Crippen LogP contribution in [-0.2, 0) is 19.8 Å². The highest BCUT2D eigenvalue weighted by Crippen LogP contribution is 2.59. The molecule has 2 aromatic carbocycles. The number of thiophene rings is 1. The molecule has 3 N–H and O–H groups in total. The summed E-state index contributed by atoms with van der Waals surface area (Å²) in [4.78, 5) is 61.7. The van der Waals surface area contributed by atoms with Gasteiger partial charge in [-0.05, 0) is 67.8 Å². The van der Waals surface area contributed by atoms with Gasteiger partial charge in [-0.15, -0.1) is 11.3 Å². The average Bonchev–Trinajstić information content (AvgIpc) is 3.51. The topological polar surface area (TPSA) is 127 Å². The third-order valence-electron chi connectivity index (χ3n) is 7.60. The van der Waals surface area contributed by atoms with E-state index in [0.29, 0.717) is 30.4 Å². The molecule has 2 aliphatic heterocycles. The van der Waals surface area contributed by atoms with Crippen molar-refractivity contribution in [2.75, 3.05) is 11.9 Å². The lowest BCUT2D eigenvalue weighted by molar-refractivity contribution is -0.140. The molecule has 0 radical (unpaired) electrons. The Labute approximate surface area is 232 Å². The fourth-order valence-corrected chi connectivity index (χ4v) is 6.90. The monoisotopic (exact) mass is 591 g/mol. The zero-order chi connectivity index (χ0) is 28.8. The van der Waals surface area contributed by atoms with Gasteiger partial charge in [-0.25, -0.2) is 0 Å². The first-order valence-electron chi connectivity index (χ1n) is 12.8. The minimum Gasteiger partial charge on any atom is -0.340 e. The number of benzene rings is 2. The summed E-state index contributed by atoms with van der Waals surface area (Å²) in [6.45, 7) is 0. The zero-order valence-electron chi connectivity index (χ0n) is 21.5. The van der Waals surface area contributed by atoms with E-state index in [9.17, 15) is 27.7 Å². The Bertz CT molecular complexity index is 1510. The summed E-state index contributed by atoms with van der Waals surface area (Å²) in [6.07, 6.45) is 3.03. The summed E-state index contributed by atoms with van der Waals surface area (Å²) in [5.41, 5.74) is -4.50. The Kier molecular flexibility index (Phi) is 7.56. The molecule has 9 nitrogen and oxygen atoms in total. The molecule has 2 aliphatic rings. The fourth-order valence-electron chi connectivity index (χ4n) is 5.48. The largest absolute Gasteiger partial charge is 0.399 e. The number of nitrogens with zero attached hydrogens (tertiary/aromatic N) is 2. The van der Waals surface area contributed by atoms with Gasteiger partial charge in [-0.2, -0.15) is 8.78 Å². The second-order valence-corrected chi connectivity index (χ2v) is 12.9. The number of rotatable bonds is 6. The number of amides is 3. The first-order valence-corrected chi connectivity index (χ1v) is 15.2. The van der Waals surface area contributed by atoms with Crippen LogP contribution in [0.2, 0.25) is 0 Å². The van der Waals surface area contributed by atoms with Crippen LogP contribution < -0.4 is 10.2 Å². The molecule has 2 fully saturated rings. The van der Waals surface area contributed by atoms with E-state index in [4.69, 9.17) is 9.79 Å². The van der Waals surface area contributed by atoms with Crippen molar-refractivity contribution >= 4 is 52.4 Å². The molecular weight excluding hydrogens is 563 g/mol. The van der Waals surface area contributed by atoms with Gasteiger partial charge < -0.3 is 24.9 Å². The molecule has 3 amide bonds. The summed E-state index contributed by atoms with van der Waals surface area (Å²) in [5, 5.41) is 2.99. The van der Waals surface area contributed by atoms with Gasteiger partial charge in [0.15, 0.2) is 0 Å². The first kappa shape index (κ1) is 28.4. The molecule has 0 unspecified atom stereocenters.